The molecule has 0 radical (unpaired) electrons. The molecule has 3 aromatic heterocycles. The van der Waals surface area contributed by atoms with Gasteiger partial charge in [0.25, 0.3) is 15.9 Å². The van der Waals surface area contributed by atoms with Crippen LogP contribution in [0.1, 0.15) is 10.5 Å². The van der Waals surface area contributed by atoms with Crippen molar-refractivity contribution in [3.63, 3.8) is 0 Å². The molecule has 0 aliphatic rings. The van der Waals surface area contributed by atoms with Gasteiger partial charge >= 0.3 is 0 Å². The van der Waals surface area contributed by atoms with Crippen LogP contribution in [0.5, 0.6) is 5.75 Å². The van der Waals surface area contributed by atoms with Gasteiger partial charge in [0.15, 0.2) is 0 Å². The fraction of sp³-hybridized carbons (Fsp3) is 0.0667. The number of hydrogen-bond donors (Lipinski definition) is 3. The molecule has 0 atom stereocenters. The van der Waals surface area contributed by atoms with E-state index in [9.17, 15) is 13.2 Å². The molecule has 11 heteroatoms. The van der Waals surface area contributed by atoms with Crippen molar-refractivity contribution in [3.8, 4) is 16.9 Å². The van der Waals surface area contributed by atoms with Crippen LogP contribution in [-0.4, -0.2) is 31.0 Å². The summed E-state index contributed by atoms with van der Waals surface area (Å²) in [4.78, 5) is 17.6. The first-order valence-electron chi connectivity index (χ1n) is 12.5. The number of ether oxygens (including phenoxy) is 1. The third-order valence-corrected chi connectivity index (χ3v) is 9.26. The molecule has 6 aromatic rings. The second-order valence-electron chi connectivity index (χ2n) is 9.35. The largest absolute Gasteiger partial charge is 0.495 e. The van der Waals surface area contributed by atoms with E-state index >= 15 is 0 Å². The lowest BCUT2D eigenvalue weighted by molar-refractivity contribution is 0.101. The molecule has 0 bridgehead atoms. The molecule has 1 amide bonds. The molecule has 0 spiro atoms. The van der Waals surface area contributed by atoms with E-state index in [1.165, 1.54) is 36.8 Å². The fourth-order valence-electron chi connectivity index (χ4n) is 4.81. The first-order chi connectivity index (χ1) is 19.8. The summed E-state index contributed by atoms with van der Waals surface area (Å²) < 4.78 is 36.7. The first kappa shape index (κ1) is 26.4. The Morgan fingerprint density at radius 2 is 1.76 bits per heavy atom. The number of carbonyl (C=O) groups is 1. The number of fused-ring (bicyclic) bond motifs is 2. The van der Waals surface area contributed by atoms with Crippen LogP contribution >= 0.6 is 11.3 Å². The van der Waals surface area contributed by atoms with E-state index < -0.39 is 10.0 Å². The lowest BCUT2D eigenvalue weighted by Gasteiger charge is -2.13. The van der Waals surface area contributed by atoms with Crippen molar-refractivity contribution in [2.75, 3.05) is 22.9 Å². The molecular weight excluding hydrogens is 558 g/mol. The Morgan fingerprint density at radius 3 is 2.51 bits per heavy atom. The van der Waals surface area contributed by atoms with Crippen LogP contribution in [0.3, 0.4) is 0 Å². The zero-order valence-corrected chi connectivity index (χ0v) is 23.7. The number of aromatic nitrogens is 2. The van der Waals surface area contributed by atoms with Crippen molar-refractivity contribution >= 4 is 65.4 Å². The highest BCUT2D eigenvalue weighted by atomic mass is 32.2. The number of carbonyl (C=O) groups excluding carboxylic acids is 1. The smallest absolute Gasteiger partial charge is 0.272 e. The maximum Gasteiger partial charge on any atom is 0.272 e. The number of anilines is 3. The van der Waals surface area contributed by atoms with Crippen LogP contribution in [-0.2, 0) is 17.1 Å². The van der Waals surface area contributed by atoms with Crippen LogP contribution in [0.15, 0.2) is 95.3 Å². The lowest BCUT2D eigenvalue weighted by Crippen LogP contribution is -2.16. The number of para-hydroxylation sites is 1. The zero-order chi connectivity index (χ0) is 28.7. The minimum atomic E-state index is -3.82. The topological polar surface area (TPSA) is 128 Å². The average Bonchev–Trinajstić information content (AvgIpc) is 3.58. The van der Waals surface area contributed by atoms with Gasteiger partial charge in [0, 0.05) is 34.3 Å². The Kier molecular flexibility index (Phi) is 6.60. The van der Waals surface area contributed by atoms with E-state index in [1.54, 1.807) is 30.3 Å². The van der Waals surface area contributed by atoms with E-state index in [-0.39, 0.29) is 16.6 Å². The molecule has 206 valence electrons. The van der Waals surface area contributed by atoms with E-state index in [4.69, 9.17) is 10.5 Å². The first-order valence-corrected chi connectivity index (χ1v) is 14.9. The highest BCUT2D eigenvalue weighted by Crippen LogP contribution is 2.42. The SMILES string of the molecule is COc1cc(-c2csc3c(NS(=O)(=O)c4ccccc4)cnc(N)c23)ccc1NC(=O)c1cc2ccccc2n1C. The number of nitrogens with two attached hydrogens (primary N) is 1. The van der Waals surface area contributed by atoms with Crippen LogP contribution in [0.2, 0.25) is 0 Å². The Labute approximate surface area is 240 Å². The summed E-state index contributed by atoms with van der Waals surface area (Å²) in [6.07, 6.45) is 1.42. The van der Waals surface area contributed by atoms with E-state index in [1.807, 2.05) is 53.4 Å². The Balaban J connectivity index is 1.33. The van der Waals surface area contributed by atoms with Crippen molar-refractivity contribution < 1.29 is 17.9 Å². The summed E-state index contributed by atoms with van der Waals surface area (Å²) in [7, 11) is -0.437. The van der Waals surface area contributed by atoms with Gasteiger partial charge in [-0.1, -0.05) is 42.5 Å². The minimum Gasteiger partial charge on any atom is -0.495 e. The number of rotatable bonds is 7. The normalized spacial score (nSPS) is 11.6. The van der Waals surface area contributed by atoms with Crippen molar-refractivity contribution in [1.29, 1.82) is 0 Å². The number of nitrogens with zero attached hydrogens (tertiary/aromatic N) is 2. The summed E-state index contributed by atoms with van der Waals surface area (Å²) in [6, 6.07) is 23.2. The van der Waals surface area contributed by atoms with E-state index in [0.717, 1.165) is 22.0 Å². The molecule has 3 aromatic carbocycles. The van der Waals surface area contributed by atoms with Crippen molar-refractivity contribution in [2.24, 2.45) is 7.05 Å². The summed E-state index contributed by atoms with van der Waals surface area (Å²) >= 11 is 1.35. The fourth-order valence-corrected chi connectivity index (χ4v) is 7.01. The lowest BCUT2D eigenvalue weighted by atomic mass is 10.0. The van der Waals surface area contributed by atoms with E-state index in [2.05, 4.69) is 15.0 Å². The van der Waals surface area contributed by atoms with Gasteiger partial charge in [-0.15, -0.1) is 11.3 Å². The number of benzene rings is 3. The second kappa shape index (κ2) is 10.3. The average molecular weight is 584 g/mol. The Morgan fingerprint density at radius 1 is 1.00 bits per heavy atom. The molecule has 0 aliphatic carbocycles. The minimum absolute atomic E-state index is 0.146. The quantitative estimate of drug-likeness (QED) is 0.208. The number of aryl methyl sites for hydroxylation is 1. The summed E-state index contributed by atoms with van der Waals surface area (Å²) in [5, 5.41) is 6.45. The monoisotopic (exact) mass is 583 g/mol. The number of methoxy groups -OCH3 is 1. The maximum absolute atomic E-state index is 13.2. The summed E-state index contributed by atoms with van der Waals surface area (Å²) in [5.41, 5.74) is 10.1. The highest BCUT2D eigenvalue weighted by Gasteiger charge is 2.21. The highest BCUT2D eigenvalue weighted by molar-refractivity contribution is 7.92. The number of thiophene rings is 1. The molecule has 6 rings (SSSR count). The maximum atomic E-state index is 13.2. The third-order valence-electron chi connectivity index (χ3n) is 6.87. The molecule has 0 saturated heterocycles. The number of amides is 1. The van der Waals surface area contributed by atoms with Gasteiger partial charge in [0.1, 0.15) is 17.3 Å². The Bertz CT molecular complexity index is 2050. The van der Waals surface area contributed by atoms with Crippen LogP contribution < -0.4 is 20.5 Å². The molecule has 0 fully saturated rings. The zero-order valence-electron chi connectivity index (χ0n) is 22.1. The van der Waals surface area contributed by atoms with Gasteiger partial charge in [0.05, 0.1) is 34.3 Å². The number of pyridine rings is 1. The van der Waals surface area contributed by atoms with Gasteiger partial charge in [-0.25, -0.2) is 13.4 Å². The molecule has 0 unspecified atom stereocenters. The van der Waals surface area contributed by atoms with Gasteiger partial charge in [-0.2, -0.15) is 0 Å². The molecule has 41 heavy (non-hydrogen) atoms. The van der Waals surface area contributed by atoms with Gasteiger partial charge < -0.3 is 20.4 Å². The Hall–Kier alpha value is -4.87. The molecule has 9 nitrogen and oxygen atoms in total. The number of sulfonamides is 1. The van der Waals surface area contributed by atoms with Crippen LogP contribution in [0.25, 0.3) is 32.1 Å². The molecule has 0 saturated carbocycles. The predicted molar refractivity (Wildman–Crippen MR) is 164 cm³/mol. The van der Waals surface area contributed by atoms with Crippen molar-refractivity contribution in [3.05, 3.63) is 96.1 Å². The van der Waals surface area contributed by atoms with Crippen molar-refractivity contribution in [2.45, 2.75) is 4.90 Å². The predicted octanol–water partition coefficient (Wildman–Crippen LogP) is 6.10. The van der Waals surface area contributed by atoms with Gasteiger partial charge in [0.2, 0.25) is 0 Å². The third kappa shape index (κ3) is 4.75. The number of nitrogens with one attached hydrogen (secondary N) is 2. The van der Waals surface area contributed by atoms with Crippen LogP contribution in [0.4, 0.5) is 17.2 Å². The van der Waals surface area contributed by atoms with Crippen molar-refractivity contribution in [1.82, 2.24) is 9.55 Å². The van der Waals surface area contributed by atoms with Gasteiger partial charge in [-0.3, -0.25) is 9.52 Å². The molecule has 3 heterocycles. The van der Waals surface area contributed by atoms with Crippen LogP contribution in [0, 0.1) is 0 Å². The molecular formula is C30H25N5O4S2. The second-order valence-corrected chi connectivity index (χ2v) is 11.9. The summed E-state index contributed by atoms with van der Waals surface area (Å²) in [6.45, 7) is 0. The number of nitrogen functional groups attached to an aromatic ring is 1. The standard InChI is InChI=1S/C30H25N5O4S2/c1-35-24-11-7-6-8-19(24)14-25(35)30(36)33-22-13-12-18(15-26(22)39-2)21-17-40-28-23(16-32-29(31)27(21)28)34-41(37,38)20-9-4-3-5-10-20/h3-17,34H,1-2H3,(H2,31,32)(H,33,36). The molecule has 4 N–H and O–H groups in total. The molecule has 0 aliphatic heterocycles. The number of hydrogen-bond acceptors (Lipinski definition) is 7. The van der Waals surface area contributed by atoms with Gasteiger partial charge in [-0.05, 0) is 42.0 Å². The summed E-state index contributed by atoms with van der Waals surface area (Å²) in [5.74, 6) is 0.465. The van der Waals surface area contributed by atoms with E-state index in [0.29, 0.717) is 32.9 Å².